The molecule has 22 heavy (non-hydrogen) atoms. The number of halogens is 1. The topological polar surface area (TPSA) is 76.2 Å². The molecule has 0 aromatic carbocycles. The van der Waals surface area contributed by atoms with Crippen LogP contribution >= 0.6 is 24.0 Å². The summed E-state index contributed by atoms with van der Waals surface area (Å²) in [6.07, 6.45) is 7.01. The number of guanidine groups is 1. The molecule has 0 radical (unpaired) electrons. The van der Waals surface area contributed by atoms with Crippen molar-refractivity contribution in [2.45, 2.75) is 24.7 Å². The summed E-state index contributed by atoms with van der Waals surface area (Å²) in [6, 6.07) is 11.7. The van der Waals surface area contributed by atoms with Gasteiger partial charge in [-0.05, 0) is 37.1 Å². The van der Waals surface area contributed by atoms with Gasteiger partial charge in [-0.1, -0.05) is 18.6 Å². The van der Waals surface area contributed by atoms with Gasteiger partial charge in [0.05, 0.1) is 6.54 Å². The molecule has 0 aliphatic heterocycles. The molecule has 0 saturated heterocycles. The number of aromatic nitrogens is 2. The Hall–Kier alpha value is -1.70. The van der Waals surface area contributed by atoms with Gasteiger partial charge < -0.3 is 11.1 Å². The molecular formula is C16H20IN5. The maximum Gasteiger partial charge on any atom is 0.194 e. The fourth-order valence-electron chi connectivity index (χ4n) is 2.62. The molecule has 116 valence electrons. The number of rotatable bonds is 4. The standard InChI is InChI=1S/C16H19N5.HI/c17-15(21-14-7-2-4-11-19-14)20-12-16(8-5-9-16)13-6-1-3-10-18-13;/h1-4,6-7,10-11H,5,8-9,12H2,(H3,17,19,20,21);1H. The zero-order valence-corrected chi connectivity index (χ0v) is 14.6. The van der Waals surface area contributed by atoms with E-state index >= 15 is 0 Å². The van der Waals surface area contributed by atoms with Gasteiger partial charge in [0.15, 0.2) is 5.96 Å². The van der Waals surface area contributed by atoms with E-state index in [1.807, 2.05) is 36.5 Å². The zero-order chi connectivity index (χ0) is 14.5. The summed E-state index contributed by atoms with van der Waals surface area (Å²) in [4.78, 5) is 13.2. The molecular weight excluding hydrogens is 389 g/mol. The summed E-state index contributed by atoms with van der Waals surface area (Å²) in [7, 11) is 0. The summed E-state index contributed by atoms with van der Waals surface area (Å²) in [5.41, 5.74) is 7.12. The summed E-state index contributed by atoms with van der Waals surface area (Å²) < 4.78 is 0. The van der Waals surface area contributed by atoms with Crippen LogP contribution in [0.4, 0.5) is 5.82 Å². The van der Waals surface area contributed by atoms with E-state index < -0.39 is 0 Å². The molecule has 2 aromatic heterocycles. The van der Waals surface area contributed by atoms with Crippen LogP contribution < -0.4 is 11.1 Å². The van der Waals surface area contributed by atoms with E-state index in [1.165, 1.54) is 6.42 Å². The van der Waals surface area contributed by atoms with E-state index in [0.717, 1.165) is 18.5 Å². The molecule has 0 spiro atoms. The van der Waals surface area contributed by atoms with Crippen LogP contribution in [0, 0.1) is 0 Å². The lowest BCUT2D eigenvalue weighted by Gasteiger charge is -2.40. The van der Waals surface area contributed by atoms with Crippen LogP contribution in [0.2, 0.25) is 0 Å². The fourth-order valence-corrected chi connectivity index (χ4v) is 2.62. The van der Waals surface area contributed by atoms with Crippen molar-refractivity contribution in [3.05, 3.63) is 54.5 Å². The third-order valence-corrected chi connectivity index (χ3v) is 3.99. The number of nitrogens with two attached hydrogens (primary N) is 1. The summed E-state index contributed by atoms with van der Waals surface area (Å²) >= 11 is 0. The van der Waals surface area contributed by atoms with Gasteiger partial charge in [0.1, 0.15) is 5.82 Å². The van der Waals surface area contributed by atoms with Gasteiger partial charge in [-0.2, -0.15) is 0 Å². The molecule has 2 aromatic rings. The Morgan fingerprint density at radius 1 is 1.14 bits per heavy atom. The van der Waals surface area contributed by atoms with E-state index in [-0.39, 0.29) is 29.4 Å². The summed E-state index contributed by atoms with van der Waals surface area (Å²) in [5.74, 6) is 1.11. The van der Waals surface area contributed by atoms with Gasteiger partial charge in [-0.15, -0.1) is 24.0 Å². The molecule has 1 fully saturated rings. The smallest absolute Gasteiger partial charge is 0.194 e. The highest BCUT2D eigenvalue weighted by Crippen LogP contribution is 2.42. The Balaban J connectivity index is 0.00000176. The molecule has 0 amide bonds. The minimum atomic E-state index is 0. The molecule has 1 saturated carbocycles. The molecule has 2 heterocycles. The first-order valence-electron chi connectivity index (χ1n) is 7.18. The van der Waals surface area contributed by atoms with E-state index in [4.69, 9.17) is 5.73 Å². The van der Waals surface area contributed by atoms with Crippen LogP contribution in [-0.2, 0) is 5.41 Å². The van der Waals surface area contributed by atoms with Crippen LogP contribution in [0.1, 0.15) is 25.0 Å². The number of hydrogen-bond acceptors (Lipinski definition) is 3. The molecule has 5 nitrogen and oxygen atoms in total. The largest absolute Gasteiger partial charge is 0.370 e. The van der Waals surface area contributed by atoms with E-state index in [1.54, 1.807) is 6.20 Å². The van der Waals surface area contributed by atoms with Gasteiger partial charge in [0.25, 0.3) is 0 Å². The maximum absolute atomic E-state index is 5.95. The number of anilines is 1. The lowest BCUT2D eigenvalue weighted by atomic mass is 9.66. The van der Waals surface area contributed by atoms with Crippen LogP contribution in [0.25, 0.3) is 0 Å². The van der Waals surface area contributed by atoms with Crippen LogP contribution in [0.3, 0.4) is 0 Å². The molecule has 1 aliphatic rings. The fraction of sp³-hybridized carbons (Fsp3) is 0.312. The van der Waals surface area contributed by atoms with E-state index in [9.17, 15) is 0 Å². The predicted octanol–water partition coefficient (Wildman–Crippen LogP) is 2.94. The molecule has 3 N–H and O–H groups in total. The number of hydrogen-bond donors (Lipinski definition) is 2. The van der Waals surface area contributed by atoms with Crippen molar-refractivity contribution >= 4 is 35.8 Å². The predicted molar refractivity (Wildman–Crippen MR) is 99.5 cm³/mol. The van der Waals surface area contributed by atoms with Crippen LogP contribution in [0.15, 0.2) is 53.8 Å². The Kier molecular flexibility index (Phi) is 5.70. The first-order chi connectivity index (χ1) is 10.3. The van der Waals surface area contributed by atoms with Crippen molar-refractivity contribution in [3.63, 3.8) is 0 Å². The van der Waals surface area contributed by atoms with Crippen molar-refractivity contribution in [1.82, 2.24) is 9.97 Å². The molecule has 1 aliphatic carbocycles. The first kappa shape index (κ1) is 16.7. The number of nitrogens with one attached hydrogen (secondary N) is 1. The van der Waals surface area contributed by atoms with Crippen LogP contribution in [-0.4, -0.2) is 22.5 Å². The quantitative estimate of drug-likeness (QED) is 0.463. The first-order valence-corrected chi connectivity index (χ1v) is 7.18. The number of nitrogens with zero attached hydrogens (tertiary/aromatic N) is 3. The third kappa shape index (κ3) is 3.73. The van der Waals surface area contributed by atoms with Gasteiger partial charge >= 0.3 is 0 Å². The normalized spacial score (nSPS) is 16.3. The van der Waals surface area contributed by atoms with Gasteiger partial charge in [-0.3, -0.25) is 9.98 Å². The van der Waals surface area contributed by atoms with Crippen LogP contribution in [0.5, 0.6) is 0 Å². The molecule has 6 heteroatoms. The number of aliphatic imine (C=N–C) groups is 1. The minimum Gasteiger partial charge on any atom is -0.370 e. The van der Waals surface area contributed by atoms with E-state index in [0.29, 0.717) is 18.3 Å². The molecule has 0 unspecified atom stereocenters. The summed E-state index contributed by atoms with van der Waals surface area (Å²) in [5, 5.41) is 3.01. The van der Waals surface area contributed by atoms with Gasteiger partial charge in [0, 0.05) is 23.5 Å². The Morgan fingerprint density at radius 2 is 1.86 bits per heavy atom. The Morgan fingerprint density at radius 3 is 2.41 bits per heavy atom. The Labute approximate surface area is 147 Å². The van der Waals surface area contributed by atoms with Crippen molar-refractivity contribution in [1.29, 1.82) is 0 Å². The Bertz CT molecular complexity index is 611. The lowest BCUT2D eigenvalue weighted by Crippen LogP contribution is -2.39. The lowest BCUT2D eigenvalue weighted by molar-refractivity contribution is 0.246. The van der Waals surface area contributed by atoms with Crippen molar-refractivity contribution in [2.75, 3.05) is 11.9 Å². The van der Waals surface area contributed by atoms with Crippen molar-refractivity contribution in [2.24, 2.45) is 10.7 Å². The second kappa shape index (κ2) is 7.53. The second-order valence-electron chi connectivity index (χ2n) is 5.39. The highest BCUT2D eigenvalue weighted by Gasteiger charge is 2.39. The van der Waals surface area contributed by atoms with E-state index in [2.05, 4.69) is 26.3 Å². The maximum atomic E-state index is 5.95. The van der Waals surface area contributed by atoms with Crippen molar-refractivity contribution in [3.8, 4) is 0 Å². The monoisotopic (exact) mass is 409 g/mol. The van der Waals surface area contributed by atoms with Gasteiger partial charge in [0.2, 0.25) is 0 Å². The minimum absolute atomic E-state index is 0. The average Bonchev–Trinajstić information content (AvgIpc) is 2.48. The highest BCUT2D eigenvalue weighted by atomic mass is 127. The molecule has 3 rings (SSSR count). The SMILES string of the molecule is I.NC(=NCC1(c2ccccn2)CCC1)Nc1ccccn1. The third-order valence-electron chi connectivity index (χ3n) is 3.99. The summed E-state index contributed by atoms with van der Waals surface area (Å²) in [6.45, 7) is 0.662. The van der Waals surface area contributed by atoms with Gasteiger partial charge in [-0.25, -0.2) is 4.98 Å². The molecule has 0 atom stereocenters. The molecule has 0 bridgehead atoms. The zero-order valence-electron chi connectivity index (χ0n) is 12.3. The highest BCUT2D eigenvalue weighted by molar-refractivity contribution is 14.0. The second-order valence-corrected chi connectivity index (χ2v) is 5.39. The average molecular weight is 409 g/mol. The van der Waals surface area contributed by atoms with Crippen molar-refractivity contribution < 1.29 is 0 Å². The number of pyridine rings is 2.